The molecule has 0 N–H and O–H groups in total. The van der Waals surface area contributed by atoms with Crippen LogP contribution in [0, 0.1) is 23.5 Å². The van der Waals surface area contributed by atoms with Crippen molar-refractivity contribution in [3.8, 4) is 5.88 Å². The van der Waals surface area contributed by atoms with Crippen LogP contribution in [0.2, 0.25) is 0 Å². The van der Waals surface area contributed by atoms with Gasteiger partial charge in [0.2, 0.25) is 0 Å². The second kappa shape index (κ2) is 5.35. The second-order valence-corrected chi connectivity index (χ2v) is 3.91. The average molecular weight is 247 g/mol. The molecule has 1 aliphatic heterocycles. The molecule has 3 nitrogen and oxygen atoms in total. The minimum Gasteiger partial charge on any atom is -0.475 e. The first-order valence-corrected chi connectivity index (χ1v) is 5.39. The first-order chi connectivity index (χ1) is 8.16. The third-order valence-electron chi connectivity index (χ3n) is 2.65. The number of hydrogen-bond acceptors (Lipinski definition) is 3. The van der Waals surface area contributed by atoms with Crippen LogP contribution in [0.25, 0.3) is 0 Å². The summed E-state index contributed by atoms with van der Waals surface area (Å²) in [4.78, 5) is 3.09. The Morgan fingerprint density at radius 1 is 1.24 bits per heavy atom. The van der Waals surface area contributed by atoms with Crippen LogP contribution in [-0.4, -0.2) is 24.8 Å². The molecule has 0 aliphatic carbocycles. The van der Waals surface area contributed by atoms with Crippen LogP contribution < -0.4 is 4.74 Å². The number of aromatic nitrogens is 1. The van der Waals surface area contributed by atoms with E-state index in [-0.39, 0.29) is 12.5 Å². The summed E-state index contributed by atoms with van der Waals surface area (Å²) in [5, 5.41) is 0. The molecule has 1 fully saturated rings. The van der Waals surface area contributed by atoms with Gasteiger partial charge in [0.1, 0.15) is 0 Å². The molecule has 0 atom stereocenters. The van der Waals surface area contributed by atoms with Crippen molar-refractivity contribution in [2.75, 3.05) is 19.8 Å². The molecule has 0 unspecified atom stereocenters. The van der Waals surface area contributed by atoms with E-state index in [2.05, 4.69) is 4.98 Å². The number of rotatable bonds is 3. The van der Waals surface area contributed by atoms with Crippen molar-refractivity contribution in [1.29, 1.82) is 0 Å². The zero-order valence-corrected chi connectivity index (χ0v) is 9.09. The fourth-order valence-electron chi connectivity index (χ4n) is 1.64. The normalized spacial score (nSPS) is 17.1. The maximum atomic E-state index is 13.2. The Bertz CT molecular complexity index is 395. The number of halogens is 3. The predicted molar refractivity (Wildman–Crippen MR) is 53.1 cm³/mol. The molecule has 0 amide bonds. The summed E-state index contributed by atoms with van der Waals surface area (Å²) >= 11 is 0. The molecule has 94 valence electrons. The van der Waals surface area contributed by atoms with Gasteiger partial charge >= 0.3 is 0 Å². The second-order valence-electron chi connectivity index (χ2n) is 3.91. The van der Waals surface area contributed by atoms with E-state index < -0.39 is 23.5 Å². The summed E-state index contributed by atoms with van der Waals surface area (Å²) in [5.41, 5.74) is 0. The van der Waals surface area contributed by atoms with Gasteiger partial charge in [-0.25, -0.2) is 8.78 Å². The number of ether oxygens (including phenoxy) is 2. The Kier molecular flexibility index (Phi) is 3.83. The highest BCUT2D eigenvalue weighted by Crippen LogP contribution is 2.20. The van der Waals surface area contributed by atoms with Crippen LogP contribution in [0.5, 0.6) is 5.88 Å². The van der Waals surface area contributed by atoms with Gasteiger partial charge in [-0.05, 0) is 18.8 Å². The Hall–Kier alpha value is -1.30. The molecule has 2 heterocycles. The fourth-order valence-corrected chi connectivity index (χ4v) is 1.64. The number of nitrogens with zero attached hydrogens (tertiary/aromatic N) is 1. The molecule has 1 aliphatic rings. The topological polar surface area (TPSA) is 31.4 Å². The van der Waals surface area contributed by atoms with E-state index in [4.69, 9.17) is 9.47 Å². The van der Waals surface area contributed by atoms with Gasteiger partial charge in [0, 0.05) is 19.3 Å². The number of hydrogen-bond donors (Lipinski definition) is 0. The van der Waals surface area contributed by atoms with Gasteiger partial charge in [-0.2, -0.15) is 9.37 Å². The zero-order valence-electron chi connectivity index (χ0n) is 9.09. The largest absolute Gasteiger partial charge is 0.475 e. The third kappa shape index (κ3) is 3.09. The lowest BCUT2D eigenvalue weighted by Crippen LogP contribution is -2.22. The quantitative estimate of drug-likeness (QED) is 0.768. The SMILES string of the molecule is Fc1cc(F)c(OCC2CCOCC2)nc1F. The lowest BCUT2D eigenvalue weighted by molar-refractivity contribution is 0.0481. The van der Waals surface area contributed by atoms with E-state index in [1.165, 1.54) is 0 Å². The molecule has 1 aromatic rings. The van der Waals surface area contributed by atoms with Crippen LogP contribution in [0.1, 0.15) is 12.8 Å². The molecule has 1 aromatic heterocycles. The van der Waals surface area contributed by atoms with Crippen LogP contribution in [0.3, 0.4) is 0 Å². The summed E-state index contributed by atoms with van der Waals surface area (Å²) in [6.45, 7) is 1.52. The molecule has 0 saturated carbocycles. The Labute approximate surface area is 96.6 Å². The molecular weight excluding hydrogens is 235 g/mol. The van der Waals surface area contributed by atoms with Crippen molar-refractivity contribution < 1.29 is 22.6 Å². The highest BCUT2D eigenvalue weighted by molar-refractivity contribution is 5.15. The summed E-state index contributed by atoms with van der Waals surface area (Å²) in [6.07, 6.45) is 1.62. The summed E-state index contributed by atoms with van der Waals surface area (Å²) in [5.74, 6) is -3.92. The Morgan fingerprint density at radius 2 is 1.94 bits per heavy atom. The lowest BCUT2D eigenvalue weighted by atomic mass is 10.0. The standard InChI is InChI=1S/C11H12F3NO2/c12-8-5-9(13)11(15-10(8)14)17-6-7-1-3-16-4-2-7/h5,7H,1-4,6H2. The van der Waals surface area contributed by atoms with E-state index in [0.717, 1.165) is 12.8 Å². The van der Waals surface area contributed by atoms with Crippen LogP contribution in [0.15, 0.2) is 6.07 Å². The molecule has 0 bridgehead atoms. The Morgan fingerprint density at radius 3 is 2.65 bits per heavy atom. The number of pyridine rings is 1. The van der Waals surface area contributed by atoms with Crippen molar-refractivity contribution in [3.63, 3.8) is 0 Å². The van der Waals surface area contributed by atoms with E-state index in [1.807, 2.05) is 0 Å². The van der Waals surface area contributed by atoms with E-state index in [1.54, 1.807) is 0 Å². The molecule has 0 aromatic carbocycles. The highest BCUT2D eigenvalue weighted by Gasteiger charge is 2.17. The monoisotopic (exact) mass is 247 g/mol. The third-order valence-corrected chi connectivity index (χ3v) is 2.65. The van der Waals surface area contributed by atoms with Gasteiger partial charge in [0.05, 0.1) is 6.61 Å². The molecule has 0 radical (unpaired) electrons. The van der Waals surface area contributed by atoms with Gasteiger partial charge in [-0.1, -0.05) is 0 Å². The molecule has 0 spiro atoms. The van der Waals surface area contributed by atoms with Crippen molar-refractivity contribution in [2.24, 2.45) is 5.92 Å². The summed E-state index contributed by atoms with van der Waals surface area (Å²) < 4.78 is 48.8. The molecule has 2 rings (SSSR count). The van der Waals surface area contributed by atoms with Gasteiger partial charge in [-0.3, -0.25) is 0 Å². The molecule has 6 heteroatoms. The lowest BCUT2D eigenvalue weighted by Gasteiger charge is -2.21. The maximum Gasteiger partial charge on any atom is 0.253 e. The minimum absolute atomic E-state index is 0.234. The van der Waals surface area contributed by atoms with E-state index in [0.29, 0.717) is 19.3 Å². The van der Waals surface area contributed by atoms with Crippen molar-refractivity contribution in [2.45, 2.75) is 12.8 Å². The molecule has 1 saturated heterocycles. The van der Waals surface area contributed by atoms with Crippen LogP contribution in [-0.2, 0) is 4.74 Å². The van der Waals surface area contributed by atoms with Gasteiger partial charge < -0.3 is 9.47 Å². The Balaban J connectivity index is 1.96. The van der Waals surface area contributed by atoms with Crippen molar-refractivity contribution >= 4 is 0 Å². The minimum atomic E-state index is -1.35. The molecule has 17 heavy (non-hydrogen) atoms. The summed E-state index contributed by atoms with van der Waals surface area (Å²) in [6, 6.07) is 0.432. The summed E-state index contributed by atoms with van der Waals surface area (Å²) in [7, 11) is 0. The zero-order chi connectivity index (χ0) is 12.3. The van der Waals surface area contributed by atoms with Crippen LogP contribution in [0.4, 0.5) is 13.2 Å². The van der Waals surface area contributed by atoms with Gasteiger partial charge in [0.15, 0.2) is 11.6 Å². The van der Waals surface area contributed by atoms with E-state index >= 15 is 0 Å². The van der Waals surface area contributed by atoms with Crippen molar-refractivity contribution in [1.82, 2.24) is 4.98 Å². The maximum absolute atomic E-state index is 13.2. The fraction of sp³-hybridized carbons (Fsp3) is 0.545. The van der Waals surface area contributed by atoms with Gasteiger partial charge in [0.25, 0.3) is 11.8 Å². The first kappa shape index (κ1) is 12.2. The molecular formula is C11H12F3NO2. The first-order valence-electron chi connectivity index (χ1n) is 5.39. The van der Waals surface area contributed by atoms with Gasteiger partial charge in [-0.15, -0.1) is 0 Å². The average Bonchev–Trinajstić information content (AvgIpc) is 2.33. The van der Waals surface area contributed by atoms with Crippen LogP contribution >= 0.6 is 0 Å². The smallest absolute Gasteiger partial charge is 0.253 e. The van der Waals surface area contributed by atoms with E-state index in [9.17, 15) is 13.2 Å². The highest BCUT2D eigenvalue weighted by atomic mass is 19.2. The van der Waals surface area contributed by atoms with Crippen molar-refractivity contribution in [3.05, 3.63) is 23.6 Å². The predicted octanol–water partition coefficient (Wildman–Crippen LogP) is 2.30.